The fourth-order valence-corrected chi connectivity index (χ4v) is 4.49. The lowest BCUT2D eigenvalue weighted by atomic mass is 10.0. The van der Waals surface area contributed by atoms with Crippen molar-refractivity contribution < 1.29 is 17.9 Å². The second-order valence-electron chi connectivity index (χ2n) is 6.68. The van der Waals surface area contributed by atoms with Crippen molar-refractivity contribution >= 4 is 15.9 Å². The third-order valence-corrected chi connectivity index (χ3v) is 6.75. The molecular formula is C16H26N4O4S. The van der Waals surface area contributed by atoms with Gasteiger partial charge in [0, 0.05) is 32.5 Å². The summed E-state index contributed by atoms with van der Waals surface area (Å²) in [4.78, 5) is 12.4. The molecule has 0 unspecified atom stereocenters. The lowest BCUT2D eigenvalue weighted by molar-refractivity contribution is -0.122. The Morgan fingerprint density at radius 1 is 1.40 bits per heavy atom. The summed E-state index contributed by atoms with van der Waals surface area (Å²) >= 11 is 0. The summed E-state index contributed by atoms with van der Waals surface area (Å²) < 4.78 is 33.0. The van der Waals surface area contributed by atoms with Gasteiger partial charge >= 0.3 is 0 Å². The first-order chi connectivity index (χ1) is 12.0. The summed E-state index contributed by atoms with van der Waals surface area (Å²) in [6.45, 7) is 4.40. The highest BCUT2D eigenvalue weighted by atomic mass is 32.2. The van der Waals surface area contributed by atoms with E-state index in [2.05, 4.69) is 10.4 Å². The summed E-state index contributed by atoms with van der Waals surface area (Å²) in [6.07, 6.45) is 3.82. The molecular weight excluding hydrogens is 344 g/mol. The molecule has 3 heterocycles. The Bertz CT molecular complexity index is 697. The van der Waals surface area contributed by atoms with Crippen LogP contribution in [0.2, 0.25) is 0 Å². The van der Waals surface area contributed by atoms with Crippen LogP contribution in [0.25, 0.3) is 0 Å². The minimum Gasteiger partial charge on any atom is -0.381 e. The maximum Gasteiger partial charge on any atom is 0.222 e. The van der Waals surface area contributed by atoms with Crippen LogP contribution < -0.4 is 5.32 Å². The summed E-state index contributed by atoms with van der Waals surface area (Å²) in [5.41, 5.74) is 0.825. The van der Waals surface area contributed by atoms with E-state index in [1.54, 1.807) is 17.8 Å². The van der Waals surface area contributed by atoms with E-state index in [-0.39, 0.29) is 30.7 Å². The summed E-state index contributed by atoms with van der Waals surface area (Å²) in [7, 11) is -3.29. The normalized spacial score (nSPS) is 22.5. The van der Waals surface area contributed by atoms with E-state index >= 15 is 0 Å². The quantitative estimate of drug-likeness (QED) is 0.788. The second kappa shape index (κ2) is 7.84. The average molecular weight is 370 g/mol. The molecule has 0 saturated carbocycles. The zero-order valence-electron chi connectivity index (χ0n) is 14.6. The molecule has 1 fully saturated rings. The van der Waals surface area contributed by atoms with Crippen molar-refractivity contribution in [1.29, 1.82) is 0 Å². The van der Waals surface area contributed by atoms with E-state index in [0.717, 1.165) is 31.7 Å². The summed E-state index contributed by atoms with van der Waals surface area (Å²) in [5, 5.41) is 7.27. The maximum atomic E-state index is 12.4. The number of nitrogens with zero attached hydrogens (tertiary/aromatic N) is 3. The smallest absolute Gasteiger partial charge is 0.222 e. The topological polar surface area (TPSA) is 93.5 Å². The van der Waals surface area contributed by atoms with E-state index in [1.165, 1.54) is 4.31 Å². The number of aromatic nitrogens is 2. The van der Waals surface area contributed by atoms with Crippen LogP contribution in [0.3, 0.4) is 0 Å². The molecule has 2 aliphatic heterocycles. The largest absolute Gasteiger partial charge is 0.381 e. The van der Waals surface area contributed by atoms with Gasteiger partial charge in [-0.1, -0.05) is 0 Å². The Balaban J connectivity index is 1.61. The van der Waals surface area contributed by atoms with E-state index in [9.17, 15) is 13.2 Å². The molecule has 0 aliphatic carbocycles. The summed E-state index contributed by atoms with van der Waals surface area (Å²) in [5.74, 6) is 0.457. The number of ether oxygens (including phenoxy) is 1. The van der Waals surface area contributed by atoms with Crippen LogP contribution in [0.15, 0.2) is 12.3 Å². The van der Waals surface area contributed by atoms with Gasteiger partial charge < -0.3 is 10.1 Å². The van der Waals surface area contributed by atoms with Gasteiger partial charge in [-0.2, -0.15) is 9.40 Å². The molecule has 1 amide bonds. The molecule has 1 saturated heterocycles. The highest BCUT2D eigenvalue weighted by Gasteiger charge is 2.32. The Labute approximate surface area is 148 Å². The van der Waals surface area contributed by atoms with Crippen LogP contribution >= 0.6 is 0 Å². The molecule has 3 rings (SSSR count). The van der Waals surface area contributed by atoms with Crippen molar-refractivity contribution in [3.05, 3.63) is 18.0 Å². The molecule has 1 aromatic rings. The molecule has 0 spiro atoms. The van der Waals surface area contributed by atoms with Crippen LogP contribution in [-0.4, -0.2) is 60.5 Å². The SMILES string of the molecule is CCS(=O)(=O)N1Cc2ccnn2[C@H](CC(=O)NCC2CCOCC2)C1. The van der Waals surface area contributed by atoms with Gasteiger partial charge in [-0.15, -0.1) is 0 Å². The van der Waals surface area contributed by atoms with Gasteiger partial charge in [0.2, 0.25) is 15.9 Å². The van der Waals surface area contributed by atoms with Gasteiger partial charge in [0.1, 0.15) is 0 Å². The highest BCUT2D eigenvalue weighted by molar-refractivity contribution is 7.89. The van der Waals surface area contributed by atoms with Crippen molar-refractivity contribution in [3.8, 4) is 0 Å². The molecule has 1 aromatic heterocycles. The number of rotatable bonds is 6. The zero-order chi connectivity index (χ0) is 17.9. The van der Waals surface area contributed by atoms with Gasteiger partial charge in [-0.3, -0.25) is 9.48 Å². The highest BCUT2D eigenvalue weighted by Crippen LogP contribution is 2.25. The molecule has 2 aliphatic rings. The van der Waals surface area contributed by atoms with E-state index < -0.39 is 10.0 Å². The molecule has 140 valence electrons. The first-order valence-electron chi connectivity index (χ1n) is 8.84. The predicted octanol–water partition coefficient (Wildman–Crippen LogP) is 0.522. The maximum absolute atomic E-state index is 12.4. The van der Waals surface area contributed by atoms with Crippen molar-refractivity contribution in [3.63, 3.8) is 0 Å². The Kier molecular flexibility index (Phi) is 5.75. The van der Waals surface area contributed by atoms with Gasteiger partial charge in [0.25, 0.3) is 0 Å². The van der Waals surface area contributed by atoms with E-state index in [0.29, 0.717) is 19.0 Å². The van der Waals surface area contributed by atoms with Gasteiger partial charge in [0.15, 0.2) is 0 Å². The van der Waals surface area contributed by atoms with E-state index in [1.807, 2.05) is 6.07 Å². The third kappa shape index (κ3) is 4.39. The molecule has 25 heavy (non-hydrogen) atoms. The van der Waals surface area contributed by atoms with Crippen LogP contribution in [0, 0.1) is 5.92 Å². The second-order valence-corrected chi connectivity index (χ2v) is 8.94. The Morgan fingerprint density at radius 3 is 2.88 bits per heavy atom. The van der Waals surface area contributed by atoms with Crippen LogP contribution in [-0.2, 0) is 26.1 Å². The van der Waals surface area contributed by atoms with Crippen molar-refractivity contribution in [2.75, 3.05) is 32.1 Å². The van der Waals surface area contributed by atoms with Crippen LogP contribution in [0.4, 0.5) is 0 Å². The number of amides is 1. The number of hydrogen-bond donors (Lipinski definition) is 1. The number of sulfonamides is 1. The molecule has 8 nitrogen and oxygen atoms in total. The van der Waals surface area contributed by atoms with Crippen molar-refractivity contribution in [2.24, 2.45) is 5.92 Å². The summed E-state index contributed by atoms with van der Waals surface area (Å²) in [6, 6.07) is 1.54. The third-order valence-electron chi connectivity index (χ3n) is 4.96. The standard InChI is InChI=1S/C16H26N4O4S/c1-2-25(22,23)19-11-14-3-6-18-20(14)15(12-19)9-16(21)17-10-13-4-7-24-8-5-13/h3,6,13,15H,2,4-5,7-12H2,1H3,(H,17,21)/t15-/m1/s1. The lowest BCUT2D eigenvalue weighted by Crippen LogP contribution is -2.43. The Hall–Kier alpha value is -1.45. The van der Waals surface area contributed by atoms with Gasteiger partial charge in [-0.05, 0) is 31.7 Å². The van der Waals surface area contributed by atoms with Crippen LogP contribution in [0.1, 0.15) is 37.9 Å². The molecule has 1 N–H and O–H groups in total. The fourth-order valence-electron chi connectivity index (χ4n) is 3.39. The lowest BCUT2D eigenvalue weighted by Gasteiger charge is -2.32. The van der Waals surface area contributed by atoms with Crippen LogP contribution in [0.5, 0.6) is 0 Å². The molecule has 0 radical (unpaired) electrons. The minimum absolute atomic E-state index is 0.0593. The number of hydrogen-bond acceptors (Lipinski definition) is 5. The van der Waals surface area contributed by atoms with Gasteiger partial charge in [0.05, 0.1) is 30.5 Å². The first kappa shape index (κ1) is 18.3. The average Bonchev–Trinajstić information content (AvgIpc) is 3.10. The molecule has 9 heteroatoms. The molecule has 0 bridgehead atoms. The van der Waals surface area contributed by atoms with Crippen molar-refractivity contribution in [1.82, 2.24) is 19.4 Å². The molecule has 0 aromatic carbocycles. The monoisotopic (exact) mass is 370 g/mol. The van der Waals surface area contributed by atoms with Crippen molar-refractivity contribution in [2.45, 2.75) is 38.8 Å². The van der Waals surface area contributed by atoms with E-state index in [4.69, 9.17) is 4.74 Å². The number of carbonyl (C=O) groups excluding carboxylic acids is 1. The number of nitrogens with one attached hydrogen (secondary N) is 1. The fraction of sp³-hybridized carbons (Fsp3) is 0.750. The first-order valence-corrected chi connectivity index (χ1v) is 10.4. The number of carbonyl (C=O) groups is 1. The van der Waals surface area contributed by atoms with Gasteiger partial charge in [-0.25, -0.2) is 8.42 Å². The molecule has 1 atom stereocenters. The zero-order valence-corrected chi connectivity index (χ0v) is 15.4. The Morgan fingerprint density at radius 2 is 2.16 bits per heavy atom. The minimum atomic E-state index is -3.29. The predicted molar refractivity (Wildman–Crippen MR) is 92.3 cm³/mol. The number of fused-ring (bicyclic) bond motifs is 1.